The fraction of sp³-hybridized carbons (Fsp3) is 0.367. The summed E-state index contributed by atoms with van der Waals surface area (Å²) < 4.78 is 39.5. The highest BCUT2D eigenvalue weighted by molar-refractivity contribution is 6.32. The molecule has 2 fully saturated rings. The van der Waals surface area contributed by atoms with E-state index >= 15 is 14.4 Å². The van der Waals surface area contributed by atoms with Crippen LogP contribution in [0.1, 0.15) is 111 Å². The minimum Gasteiger partial charge on any atom is -0.508 e. The number of aliphatic hydroxyl groups excluding tert-OH is 6. The Kier molecular flexibility index (Phi) is 25.5. The largest absolute Gasteiger partial charge is 0.508 e. The van der Waals surface area contributed by atoms with Crippen LogP contribution < -0.4 is 62.5 Å². The van der Waals surface area contributed by atoms with E-state index in [0.717, 1.165) is 83.4 Å². The summed E-state index contributed by atoms with van der Waals surface area (Å²) in [6.07, 6.45) is -18.7. The average Bonchev–Trinajstić information content (AvgIpc) is 0.764. The SMILES string of the molecule is CN[C@@H](CC(C)C)C(=O)N[C@H]1C(=O)N[C@@H](CC(N)=O)C(=O)N[C@H]2C(=O)N[C@H]3C(=O)N[C@H](C(=O)N[C@@H](C(=O)O)c4cc(O)cc(O)c4-c4cc3ccc4O)[C@H](O)c3ccc(c(Cl)c3)Oc3cc2cc(c3O[C@@H]2O[C@H](CO)[C@@H](O)[C@H](O)[C@H]2O[C@H]2C[C@](C)(NCc3ccc(-c4ccc(Cl)cc4)cc3)[C@H](O)[C@H](C)O2)Oc2ccc(cc2Cl)[C@H]1O. The molecule has 0 aliphatic carbocycles. The lowest BCUT2D eigenvalue weighted by molar-refractivity contribution is -0.334. The van der Waals surface area contributed by atoms with Gasteiger partial charge in [0.2, 0.25) is 53.4 Å². The number of phenols is 3. The van der Waals surface area contributed by atoms with Gasteiger partial charge < -0.3 is 128 Å². The molecule has 0 saturated carbocycles. The van der Waals surface area contributed by atoms with Crippen molar-refractivity contribution in [1.82, 2.24) is 42.5 Å². The Morgan fingerprint density at radius 2 is 1.26 bits per heavy atom. The van der Waals surface area contributed by atoms with Crippen molar-refractivity contribution in [3.63, 3.8) is 0 Å². The topological polar surface area (TPSA) is 517 Å². The number of nitrogens with one attached hydrogen (secondary N) is 8. The second kappa shape index (κ2) is 34.9. The van der Waals surface area contributed by atoms with E-state index in [0.29, 0.717) is 5.02 Å². The summed E-state index contributed by atoms with van der Waals surface area (Å²) in [6, 6.07) is 14.3. The molecule has 115 heavy (non-hydrogen) atoms. The number of hydrogen-bond donors (Lipinski definition) is 19. The van der Waals surface area contributed by atoms with E-state index in [9.17, 15) is 75.0 Å². The van der Waals surface area contributed by atoms with Crippen molar-refractivity contribution in [2.75, 3.05) is 13.7 Å². The third kappa shape index (κ3) is 18.3. The third-order valence-electron chi connectivity index (χ3n) is 20.6. The number of halogens is 3. The quantitative estimate of drug-likeness (QED) is 0.0605. The number of fused-ring (bicyclic) bond motifs is 15. The second-order valence-electron chi connectivity index (χ2n) is 29.2. The van der Waals surface area contributed by atoms with Crippen LogP contribution in [0.25, 0.3) is 22.3 Å². The number of benzene rings is 7. The maximum Gasteiger partial charge on any atom is 0.330 e. The Labute approximate surface area is 671 Å². The first-order valence-corrected chi connectivity index (χ1v) is 37.5. The molecule has 36 heteroatoms. The Balaban J connectivity index is 1.04. The molecule has 610 valence electrons. The average molecular weight is 1650 g/mol. The molecule has 0 spiro atoms. The molecule has 33 nitrogen and oxygen atoms in total. The number of aliphatic carboxylic acids is 1. The molecule has 0 unspecified atom stereocenters. The van der Waals surface area contributed by atoms with E-state index in [1.165, 1.54) is 19.2 Å². The van der Waals surface area contributed by atoms with Gasteiger partial charge in [-0.15, -0.1) is 0 Å². The number of carboxylic acids is 1. The van der Waals surface area contributed by atoms with Crippen LogP contribution in [-0.2, 0) is 59.1 Å². The molecule has 7 heterocycles. The van der Waals surface area contributed by atoms with E-state index < -0.39 is 237 Å². The number of likely N-dealkylation sites (N-methyl/N-ethyl adjacent to an activating group) is 1. The Morgan fingerprint density at radius 3 is 1.86 bits per heavy atom. The monoisotopic (exact) mass is 1650 g/mol. The highest BCUT2D eigenvalue weighted by Gasteiger charge is 2.52. The Morgan fingerprint density at radius 1 is 0.661 bits per heavy atom. The van der Waals surface area contributed by atoms with E-state index in [-0.39, 0.29) is 52.8 Å². The molecule has 18 atom stereocenters. The number of carboxylic acid groups (broad SMARTS) is 1. The molecule has 2 saturated heterocycles. The van der Waals surface area contributed by atoms with Gasteiger partial charge in [0.05, 0.1) is 41.3 Å². The van der Waals surface area contributed by atoms with Crippen molar-refractivity contribution < 1.29 is 118 Å². The van der Waals surface area contributed by atoms with Crippen LogP contribution in [0.4, 0.5) is 0 Å². The number of nitrogens with two attached hydrogens (primary N) is 1. The number of carbonyl (C=O) groups excluding carboxylic acids is 7. The van der Waals surface area contributed by atoms with Gasteiger partial charge in [-0.2, -0.15) is 0 Å². The van der Waals surface area contributed by atoms with Gasteiger partial charge in [0, 0.05) is 46.3 Å². The number of phenolic OH excluding ortho intramolecular Hbond substituents is 3. The number of primary amides is 1. The van der Waals surface area contributed by atoms with Gasteiger partial charge in [0.15, 0.2) is 29.9 Å². The van der Waals surface area contributed by atoms with Crippen LogP contribution in [-0.4, -0.2) is 191 Å². The van der Waals surface area contributed by atoms with Crippen molar-refractivity contribution >= 4 is 82.1 Å². The maximum atomic E-state index is 16.2. The smallest absolute Gasteiger partial charge is 0.330 e. The fourth-order valence-corrected chi connectivity index (χ4v) is 15.0. The minimum absolute atomic E-state index is 0.106. The van der Waals surface area contributed by atoms with Crippen molar-refractivity contribution in [1.29, 1.82) is 0 Å². The highest BCUT2D eigenvalue weighted by atomic mass is 35.5. The van der Waals surface area contributed by atoms with E-state index in [2.05, 4.69) is 42.5 Å². The lowest BCUT2D eigenvalue weighted by Crippen LogP contribution is -2.65. The summed E-state index contributed by atoms with van der Waals surface area (Å²) >= 11 is 20.4. The van der Waals surface area contributed by atoms with Crippen LogP contribution >= 0.6 is 34.8 Å². The number of ether oxygens (including phenoxy) is 6. The minimum atomic E-state index is -2.36. The fourth-order valence-electron chi connectivity index (χ4n) is 14.4. The molecule has 7 aliphatic heterocycles. The standard InChI is InChI=1S/C79H84Cl3N9O24/c1-32(2)20-47(84-5)71(102)90-62-64(97)38-13-18-51(45(81)22-38)111-53-24-40-25-54(68(53)115-78-69(67(100)66(99)55(31-92)113-78)114-57-29-79(4,70(101)33(3)110-57)85-30-34-6-8-35(9-7-34)36-10-15-41(80)16-11-36)112-52-19-14-39(23-46(52)82)65(98)63-76(107)89-61(77(108)109)44-26-42(93)27-50(95)58(44)43-21-37(12-17-49(43)94)59(73(104)91-63)88-74(105)60(40)87-72(103)48(28-56(83)96)86-75(62)106/h6-19,21-27,32-33,47-48,55,57,59-67,69-70,78,84-85,92-95,97-101H,20,28-31H2,1-5H3,(H2,83,96)(H,86,106)(H,87,103)(H,88,105)(H,89,107)(H,90,102)(H,91,104)(H,108,109)/t33-,47-,48-,55+,57-,59+,60+,61+,62+,63-,64+,65+,66+,67-,69+,70+,78-,79-/m0/s1. The lowest BCUT2D eigenvalue weighted by atomic mass is 9.84. The Bertz CT molecular complexity index is 4890. The maximum absolute atomic E-state index is 16.2. The summed E-state index contributed by atoms with van der Waals surface area (Å²) in [5, 5.41) is 137. The molecule has 11 bridgehead atoms. The Hall–Kier alpha value is -10.5. The zero-order valence-electron chi connectivity index (χ0n) is 62.0. The van der Waals surface area contributed by atoms with Crippen LogP contribution in [0, 0.1) is 5.92 Å². The molecule has 7 aromatic carbocycles. The number of aromatic hydroxyl groups is 3. The normalized spacial score (nSPS) is 27.2. The molecule has 0 aromatic heterocycles. The molecule has 20 N–H and O–H groups in total. The van der Waals surface area contributed by atoms with Gasteiger partial charge in [-0.25, -0.2) is 4.79 Å². The van der Waals surface area contributed by atoms with E-state index in [1.807, 2.05) is 50.2 Å². The lowest BCUT2D eigenvalue weighted by Gasteiger charge is -2.48. The third-order valence-corrected chi connectivity index (χ3v) is 21.4. The first-order valence-electron chi connectivity index (χ1n) is 36.4. The summed E-state index contributed by atoms with van der Waals surface area (Å²) in [6.45, 7) is 6.15. The number of hydrogen-bond acceptors (Lipinski definition) is 25. The molecular weight excluding hydrogens is 1570 g/mol. The summed E-state index contributed by atoms with van der Waals surface area (Å²) in [5.74, 6) is -16.0. The van der Waals surface area contributed by atoms with Gasteiger partial charge in [-0.3, -0.25) is 33.6 Å². The van der Waals surface area contributed by atoms with E-state index in [1.54, 1.807) is 26.0 Å². The summed E-state index contributed by atoms with van der Waals surface area (Å²) in [4.78, 5) is 118. The van der Waals surface area contributed by atoms with Gasteiger partial charge in [0.1, 0.15) is 89.5 Å². The summed E-state index contributed by atoms with van der Waals surface area (Å²) in [7, 11) is 1.48. The van der Waals surface area contributed by atoms with Crippen molar-refractivity contribution in [3.05, 3.63) is 176 Å². The predicted molar refractivity (Wildman–Crippen MR) is 409 cm³/mol. The van der Waals surface area contributed by atoms with Crippen molar-refractivity contribution in [2.45, 2.75) is 163 Å². The van der Waals surface area contributed by atoms with Crippen molar-refractivity contribution in [3.8, 4) is 68.2 Å². The number of amides is 7. The first-order chi connectivity index (χ1) is 54.6. The highest BCUT2D eigenvalue weighted by Crippen LogP contribution is 2.50. The summed E-state index contributed by atoms with van der Waals surface area (Å²) in [5.41, 5.74) is 4.32. The van der Waals surface area contributed by atoms with Crippen molar-refractivity contribution in [2.24, 2.45) is 11.7 Å². The van der Waals surface area contributed by atoms with Gasteiger partial charge in [-0.1, -0.05) is 103 Å². The molecular formula is C79H84Cl3N9O24. The molecule has 14 rings (SSSR count). The van der Waals surface area contributed by atoms with E-state index in [4.69, 9.17) is 69.0 Å². The first kappa shape index (κ1) is 83.9. The molecule has 7 aliphatic rings. The zero-order valence-corrected chi connectivity index (χ0v) is 64.2. The van der Waals surface area contributed by atoms with Gasteiger partial charge in [-0.05, 0) is 139 Å². The predicted octanol–water partition coefficient (Wildman–Crippen LogP) is 4.26. The van der Waals surface area contributed by atoms with Gasteiger partial charge in [0.25, 0.3) is 0 Å². The molecule has 7 aromatic rings. The number of carbonyl (C=O) groups is 8. The van der Waals surface area contributed by atoms with Crippen LogP contribution in [0.15, 0.2) is 127 Å². The van der Waals surface area contributed by atoms with Crippen LogP contribution in [0.2, 0.25) is 15.1 Å². The van der Waals surface area contributed by atoms with Gasteiger partial charge >= 0.3 is 5.97 Å². The number of aliphatic hydroxyl groups is 6. The van der Waals surface area contributed by atoms with Crippen LogP contribution in [0.5, 0.6) is 46.0 Å². The number of rotatable bonds is 17. The second-order valence-corrected chi connectivity index (χ2v) is 30.4. The molecule has 0 radical (unpaired) electrons. The van der Waals surface area contributed by atoms with Crippen LogP contribution in [0.3, 0.4) is 0 Å². The zero-order chi connectivity index (χ0) is 82.9. The molecule has 7 amide bonds.